The van der Waals surface area contributed by atoms with Gasteiger partial charge in [0.15, 0.2) is 17.5 Å². The molecule has 0 spiro atoms. The Kier molecular flexibility index (Phi) is 5.08. The van der Waals surface area contributed by atoms with Gasteiger partial charge in [-0.15, -0.1) is 0 Å². The van der Waals surface area contributed by atoms with E-state index in [1.54, 1.807) is 6.07 Å². The lowest BCUT2D eigenvalue weighted by atomic mass is 10.2. The smallest absolute Gasteiger partial charge is 0.209 e. The first-order valence-corrected chi connectivity index (χ1v) is 7.51. The third kappa shape index (κ3) is 4.21. The number of benzene rings is 1. The third-order valence-electron chi connectivity index (χ3n) is 2.26. The largest absolute Gasteiger partial charge is 0.250 e. The molecule has 0 amide bonds. The molecule has 0 fully saturated rings. The Hall–Kier alpha value is -0.100. The van der Waals surface area contributed by atoms with E-state index in [0.717, 1.165) is 0 Å². The van der Waals surface area contributed by atoms with Gasteiger partial charge in [-0.25, -0.2) is 19.3 Å². The van der Waals surface area contributed by atoms with Crippen molar-refractivity contribution in [2.45, 2.75) is 7.59 Å². The first-order valence-electron chi connectivity index (χ1n) is 5.24. The molecule has 3 nitrogen and oxygen atoms in total. The van der Waals surface area contributed by atoms with Crippen LogP contribution in [-0.2, 0) is 7.59 Å². The summed E-state index contributed by atoms with van der Waals surface area (Å²) in [6, 6.07) is 5.76. The molecule has 112 valence electrons. The highest BCUT2D eigenvalue weighted by Gasteiger charge is 2.34. The van der Waals surface area contributed by atoms with Gasteiger partial charge in [-0.05, 0) is 12.1 Å². The van der Waals surface area contributed by atoms with Crippen LogP contribution < -0.4 is 0 Å². The monoisotopic (exact) mass is 407 g/mol. The van der Waals surface area contributed by atoms with Crippen LogP contribution in [0.1, 0.15) is 11.6 Å². The number of aromatic nitrogens is 3. The molecule has 21 heavy (non-hydrogen) atoms. The molecule has 2 aromatic rings. The van der Waals surface area contributed by atoms with Gasteiger partial charge in [0.1, 0.15) is 5.82 Å². The fourth-order valence-electron chi connectivity index (χ4n) is 1.39. The van der Waals surface area contributed by atoms with Crippen molar-refractivity contribution in [1.82, 2.24) is 15.0 Å². The summed E-state index contributed by atoms with van der Waals surface area (Å²) in [5.74, 6) is -1.23. The van der Waals surface area contributed by atoms with Crippen LogP contribution >= 0.6 is 69.6 Å². The molecule has 0 aliphatic rings. The van der Waals surface area contributed by atoms with Crippen LogP contribution in [0.15, 0.2) is 24.3 Å². The van der Waals surface area contributed by atoms with Crippen molar-refractivity contribution < 1.29 is 4.39 Å². The van der Waals surface area contributed by atoms with E-state index in [4.69, 9.17) is 69.6 Å². The Bertz CT molecular complexity index is 635. The normalized spacial score (nSPS) is 12.5. The van der Waals surface area contributed by atoms with Crippen molar-refractivity contribution in [2.75, 3.05) is 0 Å². The lowest BCUT2D eigenvalue weighted by Gasteiger charge is -2.15. The Morgan fingerprint density at radius 1 is 0.762 bits per heavy atom. The third-order valence-corrected chi connectivity index (χ3v) is 3.27. The number of nitrogens with zero attached hydrogens (tertiary/aromatic N) is 3. The summed E-state index contributed by atoms with van der Waals surface area (Å²) >= 11 is 34.4. The summed E-state index contributed by atoms with van der Waals surface area (Å²) in [5, 5.41) is 0. The molecular weight excluding hydrogens is 406 g/mol. The van der Waals surface area contributed by atoms with Crippen molar-refractivity contribution in [3.63, 3.8) is 0 Å². The second-order valence-electron chi connectivity index (χ2n) is 3.78. The maximum absolute atomic E-state index is 13.8. The molecule has 0 aliphatic carbocycles. The minimum Gasteiger partial charge on any atom is -0.209 e. The molecule has 1 aromatic carbocycles. The molecule has 0 atom stereocenters. The molecule has 2 rings (SSSR count). The van der Waals surface area contributed by atoms with E-state index in [-0.39, 0.29) is 23.0 Å². The Labute approximate surface area is 149 Å². The predicted octanol–water partition coefficient (Wildman–Crippen LogP) is 5.33. The summed E-state index contributed by atoms with van der Waals surface area (Å²) in [6.45, 7) is 0. The van der Waals surface area contributed by atoms with Gasteiger partial charge in [0.05, 0.1) is 5.56 Å². The van der Waals surface area contributed by atoms with Gasteiger partial charge >= 0.3 is 0 Å². The van der Waals surface area contributed by atoms with Gasteiger partial charge in [0.2, 0.25) is 7.59 Å². The maximum Gasteiger partial charge on any atom is 0.250 e. The van der Waals surface area contributed by atoms with Crippen molar-refractivity contribution in [2.24, 2.45) is 0 Å². The van der Waals surface area contributed by atoms with Crippen LogP contribution in [0.2, 0.25) is 0 Å². The second kappa shape index (κ2) is 6.19. The molecule has 0 unspecified atom stereocenters. The first kappa shape index (κ1) is 17.3. The van der Waals surface area contributed by atoms with E-state index in [2.05, 4.69) is 15.0 Å². The van der Waals surface area contributed by atoms with Crippen LogP contribution in [0.3, 0.4) is 0 Å². The minimum absolute atomic E-state index is 0.0610. The van der Waals surface area contributed by atoms with Crippen LogP contribution in [-0.4, -0.2) is 15.0 Å². The van der Waals surface area contributed by atoms with E-state index in [9.17, 15) is 4.39 Å². The molecule has 0 radical (unpaired) electrons. The summed E-state index contributed by atoms with van der Waals surface area (Å²) in [7, 11) is 0. The Balaban J connectivity index is 2.70. The minimum atomic E-state index is -1.98. The fraction of sp³-hybridized carbons (Fsp3) is 0.182. The summed E-state index contributed by atoms with van der Waals surface area (Å²) < 4.78 is 9.88. The summed E-state index contributed by atoms with van der Waals surface area (Å²) in [5.41, 5.74) is 0.0610. The van der Waals surface area contributed by atoms with Gasteiger partial charge in [0.25, 0.3) is 0 Å². The molecule has 0 saturated heterocycles. The van der Waals surface area contributed by atoms with Crippen LogP contribution in [0.5, 0.6) is 0 Å². The fourth-order valence-corrected chi connectivity index (χ4v) is 1.90. The van der Waals surface area contributed by atoms with Crippen LogP contribution in [0.4, 0.5) is 4.39 Å². The maximum atomic E-state index is 13.8. The van der Waals surface area contributed by atoms with Gasteiger partial charge < -0.3 is 0 Å². The highest BCUT2D eigenvalue weighted by atomic mass is 35.6. The average Bonchev–Trinajstić information content (AvgIpc) is 2.36. The SMILES string of the molecule is Fc1ccccc1-c1nc(C(Cl)(Cl)Cl)nc(C(Cl)(Cl)Cl)n1. The standard InChI is InChI=1S/C11H4Cl6FN3/c12-10(13,14)8-19-7(5-3-1-2-4-6(5)18)20-9(21-8)11(15,16)17/h1-4H. The average molecular weight is 410 g/mol. The van der Waals surface area contributed by atoms with Crippen molar-refractivity contribution in [1.29, 1.82) is 0 Å². The van der Waals surface area contributed by atoms with E-state index in [0.29, 0.717) is 0 Å². The molecule has 0 bridgehead atoms. The molecule has 1 aromatic heterocycles. The zero-order valence-corrected chi connectivity index (χ0v) is 14.3. The number of hydrogen-bond donors (Lipinski definition) is 0. The summed E-state index contributed by atoms with van der Waals surface area (Å²) in [4.78, 5) is 11.6. The molecule has 10 heteroatoms. The zero-order valence-electron chi connectivity index (χ0n) is 9.80. The first-order chi connectivity index (χ1) is 9.59. The lowest BCUT2D eigenvalue weighted by Crippen LogP contribution is -2.17. The number of halogens is 7. The van der Waals surface area contributed by atoms with E-state index in [1.807, 2.05) is 0 Å². The van der Waals surface area contributed by atoms with E-state index >= 15 is 0 Å². The summed E-state index contributed by atoms with van der Waals surface area (Å²) in [6.07, 6.45) is 0. The Morgan fingerprint density at radius 2 is 1.24 bits per heavy atom. The van der Waals surface area contributed by atoms with Gasteiger partial charge in [0, 0.05) is 0 Å². The highest BCUT2D eigenvalue weighted by Crippen LogP contribution is 2.40. The molecule has 0 aliphatic heterocycles. The van der Waals surface area contributed by atoms with Crippen molar-refractivity contribution >= 4 is 69.6 Å². The van der Waals surface area contributed by atoms with E-state index < -0.39 is 13.4 Å². The topological polar surface area (TPSA) is 38.7 Å². The Morgan fingerprint density at radius 3 is 1.67 bits per heavy atom. The van der Waals surface area contributed by atoms with Crippen LogP contribution in [0.25, 0.3) is 11.4 Å². The number of hydrogen-bond acceptors (Lipinski definition) is 3. The number of rotatable bonds is 1. The second-order valence-corrected chi connectivity index (χ2v) is 8.34. The molecule has 0 saturated carbocycles. The number of alkyl halides is 6. The van der Waals surface area contributed by atoms with Gasteiger partial charge in [-0.2, -0.15) is 0 Å². The van der Waals surface area contributed by atoms with Crippen molar-refractivity contribution in [3.05, 3.63) is 41.7 Å². The van der Waals surface area contributed by atoms with E-state index in [1.165, 1.54) is 18.2 Å². The molecular formula is C11H4Cl6FN3. The quantitative estimate of drug-likeness (QED) is 0.597. The molecule has 0 N–H and O–H groups in total. The van der Waals surface area contributed by atoms with Gasteiger partial charge in [-0.3, -0.25) is 0 Å². The lowest BCUT2D eigenvalue weighted by molar-refractivity contribution is 0.629. The van der Waals surface area contributed by atoms with Gasteiger partial charge in [-0.1, -0.05) is 81.7 Å². The molecule has 1 heterocycles. The zero-order chi connectivity index (χ0) is 15.8. The predicted molar refractivity (Wildman–Crippen MR) is 83.7 cm³/mol. The van der Waals surface area contributed by atoms with Crippen LogP contribution in [0, 0.1) is 5.82 Å². The highest BCUT2D eigenvalue weighted by molar-refractivity contribution is 6.67. The van der Waals surface area contributed by atoms with Crippen molar-refractivity contribution in [3.8, 4) is 11.4 Å².